The monoisotopic (exact) mass is 503 g/mol. The number of hydrogen-bond donors (Lipinski definition) is 2. The summed E-state index contributed by atoms with van der Waals surface area (Å²) < 4.78 is 16.4. The first-order chi connectivity index (χ1) is 17.7. The Balaban J connectivity index is 1.99. The molecule has 3 aromatic rings. The van der Waals surface area contributed by atoms with E-state index < -0.39 is 17.7 Å². The standard InChI is InChI=1S/C29H29NO7/c1-6-37-24-15-18(8-12-23(24)36-5)26-25(27(32)19-9-11-22(35-4)17(3)14-19)28(33)29(34)30(26)20-13-16(2)7-10-21(20)31/h7-15,26,31-32H,6H2,1-5H3/b27-25-. The number of anilines is 1. The van der Waals surface area contributed by atoms with Gasteiger partial charge in [0.1, 0.15) is 17.3 Å². The van der Waals surface area contributed by atoms with Crippen LogP contribution in [-0.2, 0) is 9.59 Å². The Morgan fingerprint density at radius 2 is 1.62 bits per heavy atom. The van der Waals surface area contributed by atoms with E-state index >= 15 is 0 Å². The average Bonchev–Trinajstić information content (AvgIpc) is 3.15. The van der Waals surface area contributed by atoms with Gasteiger partial charge in [-0.05, 0) is 79.9 Å². The summed E-state index contributed by atoms with van der Waals surface area (Å²) in [5, 5.41) is 22.1. The molecule has 37 heavy (non-hydrogen) atoms. The number of carbonyl (C=O) groups is 2. The first-order valence-electron chi connectivity index (χ1n) is 11.8. The molecule has 0 aliphatic carbocycles. The number of ether oxygens (including phenoxy) is 3. The summed E-state index contributed by atoms with van der Waals surface area (Å²) >= 11 is 0. The van der Waals surface area contributed by atoms with Crippen molar-refractivity contribution < 1.29 is 34.0 Å². The van der Waals surface area contributed by atoms with Gasteiger partial charge in [0, 0.05) is 5.56 Å². The van der Waals surface area contributed by atoms with Crippen LogP contribution in [0.25, 0.3) is 5.76 Å². The highest BCUT2D eigenvalue weighted by Crippen LogP contribution is 2.46. The number of rotatable bonds is 7. The minimum atomic E-state index is -1.04. The molecule has 1 heterocycles. The molecule has 8 nitrogen and oxygen atoms in total. The zero-order valence-corrected chi connectivity index (χ0v) is 21.4. The number of nitrogens with zero attached hydrogens (tertiary/aromatic N) is 1. The number of carbonyl (C=O) groups excluding carboxylic acids is 2. The fourth-order valence-corrected chi connectivity index (χ4v) is 4.54. The highest BCUT2D eigenvalue weighted by molar-refractivity contribution is 6.52. The number of phenolic OH excluding ortho intramolecular Hbond substituents is 1. The summed E-state index contributed by atoms with van der Waals surface area (Å²) in [6, 6.07) is 13.8. The highest BCUT2D eigenvalue weighted by Gasteiger charge is 2.48. The largest absolute Gasteiger partial charge is 0.507 e. The van der Waals surface area contributed by atoms with Crippen LogP contribution in [0.1, 0.15) is 35.2 Å². The Bertz CT molecular complexity index is 1410. The molecule has 0 bridgehead atoms. The van der Waals surface area contributed by atoms with Gasteiger partial charge in [0.15, 0.2) is 11.5 Å². The maximum absolute atomic E-state index is 13.5. The lowest BCUT2D eigenvalue weighted by Crippen LogP contribution is -2.29. The lowest BCUT2D eigenvalue weighted by Gasteiger charge is -2.27. The van der Waals surface area contributed by atoms with E-state index in [0.717, 1.165) is 11.1 Å². The number of methoxy groups -OCH3 is 2. The molecule has 0 saturated carbocycles. The summed E-state index contributed by atoms with van der Waals surface area (Å²) in [6.45, 7) is 5.82. The maximum atomic E-state index is 13.5. The third-order valence-corrected chi connectivity index (χ3v) is 6.31. The molecule has 2 N–H and O–H groups in total. The van der Waals surface area contributed by atoms with Crippen LogP contribution in [-0.4, -0.2) is 42.7 Å². The van der Waals surface area contributed by atoms with Gasteiger partial charge in [-0.1, -0.05) is 12.1 Å². The Morgan fingerprint density at radius 1 is 0.919 bits per heavy atom. The lowest BCUT2D eigenvalue weighted by molar-refractivity contribution is -0.132. The van der Waals surface area contributed by atoms with E-state index in [0.29, 0.717) is 35.0 Å². The summed E-state index contributed by atoms with van der Waals surface area (Å²) in [7, 11) is 3.06. The Labute approximate surface area is 215 Å². The van der Waals surface area contributed by atoms with Gasteiger partial charge in [-0.3, -0.25) is 14.5 Å². The fourth-order valence-electron chi connectivity index (χ4n) is 4.54. The molecule has 1 aliphatic heterocycles. The first kappa shape index (κ1) is 25.6. The van der Waals surface area contributed by atoms with Crippen molar-refractivity contribution in [1.82, 2.24) is 0 Å². The molecule has 4 rings (SSSR count). The smallest absolute Gasteiger partial charge is 0.300 e. The maximum Gasteiger partial charge on any atom is 0.300 e. The summed E-state index contributed by atoms with van der Waals surface area (Å²) in [5.41, 5.74) is 2.43. The second-order valence-electron chi connectivity index (χ2n) is 8.69. The van der Waals surface area contributed by atoms with Crippen LogP contribution in [0.2, 0.25) is 0 Å². The van der Waals surface area contributed by atoms with Crippen LogP contribution < -0.4 is 19.1 Å². The molecule has 1 saturated heterocycles. The third-order valence-electron chi connectivity index (χ3n) is 6.31. The normalized spacial score (nSPS) is 16.7. The minimum absolute atomic E-state index is 0.108. The Hall–Kier alpha value is -4.46. The molecule has 1 atom stereocenters. The predicted octanol–water partition coefficient (Wildman–Crippen LogP) is 5.05. The van der Waals surface area contributed by atoms with Crippen molar-refractivity contribution in [2.75, 3.05) is 25.7 Å². The van der Waals surface area contributed by atoms with Gasteiger partial charge in [0.2, 0.25) is 0 Å². The van der Waals surface area contributed by atoms with Crippen molar-refractivity contribution in [3.63, 3.8) is 0 Å². The van der Waals surface area contributed by atoms with Gasteiger partial charge in [-0.15, -0.1) is 0 Å². The second-order valence-corrected chi connectivity index (χ2v) is 8.69. The van der Waals surface area contributed by atoms with Crippen molar-refractivity contribution in [3.8, 4) is 23.0 Å². The number of amides is 1. The second kappa shape index (κ2) is 10.3. The summed E-state index contributed by atoms with van der Waals surface area (Å²) in [4.78, 5) is 28.1. The Kier molecular flexibility index (Phi) is 7.11. The van der Waals surface area contributed by atoms with E-state index in [-0.39, 0.29) is 22.8 Å². The molecule has 0 aromatic heterocycles. The molecule has 1 amide bonds. The van der Waals surface area contributed by atoms with Crippen LogP contribution in [0, 0.1) is 13.8 Å². The lowest BCUT2D eigenvalue weighted by atomic mass is 9.94. The van der Waals surface area contributed by atoms with Crippen LogP contribution >= 0.6 is 0 Å². The van der Waals surface area contributed by atoms with Crippen LogP contribution in [0.15, 0.2) is 60.2 Å². The predicted molar refractivity (Wildman–Crippen MR) is 140 cm³/mol. The van der Waals surface area contributed by atoms with Gasteiger partial charge in [-0.2, -0.15) is 0 Å². The van der Waals surface area contributed by atoms with Crippen LogP contribution in [0.4, 0.5) is 5.69 Å². The van der Waals surface area contributed by atoms with Crippen molar-refractivity contribution in [1.29, 1.82) is 0 Å². The summed E-state index contributed by atoms with van der Waals surface area (Å²) in [5.74, 6) is -0.728. The minimum Gasteiger partial charge on any atom is -0.507 e. The Morgan fingerprint density at radius 3 is 2.27 bits per heavy atom. The topological polar surface area (TPSA) is 106 Å². The van der Waals surface area contributed by atoms with E-state index in [1.54, 1.807) is 55.6 Å². The molecule has 8 heteroatoms. The van der Waals surface area contributed by atoms with Crippen molar-refractivity contribution in [3.05, 3.63) is 82.4 Å². The van der Waals surface area contributed by atoms with Gasteiger partial charge >= 0.3 is 0 Å². The number of ketones is 1. The van der Waals surface area contributed by atoms with E-state index in [1.165, 1.54) is 18.1 Å². The molecular weight excluding hydrogens is 474 g/mol. The average molecular weight is 504 g/mol. The van der Waals surface area contributed by atoms with Gasteiger partial charge < -0.3 is 24.4 Å². The van der Waals surface area contributed by atoms with Crippen molar-refractivity contribution in [2.24, 2.45) is 0 Å². The number of aliphatic hydroxyl groups is 1. The molecule has 0 spiro atoms. The molecule has 192 valence electrons. The fraction of sp³-hybridized carbons (Fsp3) is 0.241. The highest BCUT2D eigenvalue weighted by atomic mass is 16.5. The molecule has 0 radical (unpaired) electrons. The first-order valence-corrected chi connectivity index (χ1v) is 11.8. The van der Waals surface area contributed by atoms with Crippen molar-refractivity contribution >= 4 is 23.1 Å². The van der Waals surface area contributed by atoms with Crippen LogP contribution in [0.3, 0.4) is 0 Å². The molecule has 1 fully saturated rings. The number of aryl methyl sites for hydroxylation is 2. The van der Waals surface area contributed by atoms with E-state index in [4.69, 9.17) is 14.2 Å². The summed E-state index contributed by atoms with van der Waals surface area (Å²) in [6.07, 6.45) is 0. The number of benzene rings is 3. The van der Waals surface area contributed by atoms with E-state index in [2.05, 4.69) is 0 Å². The molecule has 3 aromatic carbocycles. The van der Waals surface area contributed by atoms with Gasteiger partial charge in [0.25, 0.3) is 11.7 Å². The van der Waals surface area contributed by atoms with E-state index in [1.807, 2.05) is 20.8 Å². The third kappa shape index (κ3) is 4.58. The van der Waals surface area contributed by atoms with Gasteiger partial charge in [0.05, 0.1) is 38.1 Å². The molecular formula is C29H29NO7. The van der Waals surface area contributed by atoms with Crippen molar-refractivity contribution in [2.45, 2.75) is 26.8 Å². The van der Waals surface area contributed by atoms with Gasteiger partial charge in [-0.25, -0.2) is 0 Å². The van der Waals surface area contributed by atoms with E-state index in [9.17, 15) is 19.8 Å². The molecule has 1 unspecified atom stereocenters. The quantitative estimate of drug-likeness (QED) is 0.264. The van der Waals surface area contributed by atoms with Crippen LogP contribution in [0.5, 0.6) is 23.0 Å². The zero-order valence-electron chi connectivity index (χ0n) is 21.4. The number of Topliss-reactive ketones (excluding diaryl/α,β-unsaturated/α-hetero) is 1. The molecule has 1 aliphatic rings. The number of hydrogen-bond acceptors (Lipinski definition) is 7. The number of phenols is 1. The zero-order chi connectivity index (χ0) is 26.9. The SMILES string of the molecule is CCOc1cc(C2/C(=C(/O)c3ccc(OC)c(C)c3)C(=O)C(=O)N2c2cc(C)ccc2O)ccc1OC. The number of aromatic hydroxyl groups is 1. The number of aliphatic hydroxyl groups excluding tert-OH is 1.